The number of thioether (sulfide) groups is 1. The molecule has 1 aliphatic rings. The normalized spacial score (nSPS) is 23.8. The maximum atomic E-state index is 13.8. The van der Waals surface area contributed by atoms with Gasteiger partial charge in [0.15, 0.2) is 22.5 Å². The highest BCUT2D eigenvalue weighted by Gasteiger charge is 2.54. The van der Waals surface area contributed by atoms with Gasteiger partial charge in [0.25, 0.3) is 0 Å². The summed E-state index contributed by atoms with van der Waals surface area (Å²) in [6, 6.07) is 9.16. The van der Waals surface area contributed by atoms with Crippen molar-refractivity contribution in [2.24, 2.45) is 5.41 Å². The molecule has 6 N–H and O–H groups in total. The van der Waals surface area contributed by atoms with E-state index in [1.54, 1.807) is 13.8 Å². The molecule has 1 saturated heterocycles. The zero-order chi connectivity index (χ0) is 31.4. The highest BCUT2D eigenvalue weighted by Crippen LogP contribution is 2.47. The number of benzene rings is 1. The summed E-state index contributed by atoms with van der Waals surface area (Å²) in [6.07, 6.45) is -2.46. The number of anilines is 1. The second-order valence-electron chi connectivity index (χ2n) is 10.7. The number of imidazole rings is 1. The number of nitrogens with one attached hydrogen (secondary N) is 1. The maximum absolute atomic E-state index is 13.8. The number of aromatic nitrogens is 4. The molecule has 0 radical (unpaired) electrons. The molecule has 5 atom stereocenters. The van der Waals surface area contributed by atoms with Crippen LogP contribution in [0.1, 0.15) is 32.6 Å². The van der Waals surface area contributed by atoms with Gasteiger partial charge < -0.3 is 30.5 Å². The highest BCUT2D eigenvalue weighted by molar-refractivity contribution is 8.13. The zero-order valence-corrected chi connectivity index (χ0v) is 26.0. The van der Waals surface area contributed by atoms with Crippen LogP contribution in [0, 0.1) is 5.41 Å². The Kier molecular flexibility index (Phi) is 10.5. The van der Waals surface area contributed by atoms with Gasteiger partial charge in [-0.1, -0.05) is 42.1 Å². The Morgan fingerprint density at radius 2 is 2.00 bits per heavy atom. The lowest BCUT2D eigenvalue weighted by Gasteiger charge is -2.27. The molecular weight excluding hydrogens is 603 g/mol. The van der Waals surface area contributed by atoms with Crippen LogP contribution in [0.3, 0.4) is 0 Å². The smallest absolute Gasteiger partial charge is 0.405 e. The van der Waals surface area contributed by atoms with Crippen molar-refractivity contribution in [1.29, 1.82) is 0 Å². The van der Waals surface area contributed by atoms with Gasteiger partial charge in [0.05, 0.1) is 38.7 Å². The number of carbonyl (C=O) groups is 1. The van der Waals surface area contributed by atoms with Gasteiger partial charge in [0, 0.05) is 12.3 Å². The Bertz CT molecular complexity index is 1460. The summed E-state index contributed by atoms with van der Waals surface area (Å²) in [5.74, 6) is 0.192. The number of aliphatic hydroxyl groups excluding tert-OH is 2. The first-order valence-electron chi connectivity index (χ1n) is 13.4. The standard InChI is InChI=1S/C26H37N6O9PS/c1-25(2,14-33)23(35)43-11-10-39-42(37,29-12-16-8-6-5-7-9-16)40-13-17-19(34)26(3,36)22(41-17)32-15-28-18-20(32)30-24(27)31-21(18)38-4/h5-9,15,17,19,22,33-34,36H,10-14H2,1-4H3,(H,29,37)(H2,27,30,31)/t17-,19?,22-,26+,42?/m1/s1. The predicted molar refractivity (Wildman–Crippen MR) is 158 cm³/mol. The van der Waals surface area contributed by atoms with Crippen molar-refractivity contribution in [1.82, 2.24) is 24.6 Å². The summed E-state index contributed by atoms with van der Waals surface area (Å²) in [5.41, 5.74) is 4.32. The average molecular weight is 641 g/mol. The molecule has 1 fully saturated rings. The number of nitrogens with zero attached hydrogens (tertiary/aromatic N) is 4. The van der Waals surface area contributed by atoms with Gasteiger partial charge in [-0.15, -0.1) is 0 Å². The van der Waals surface area contributed by atoms with Crippen molar-refractivity contribution < 1.29 is 43.2 Å². The first-order chi connectivity index (χ1) is 20.3. The first kappa shape index (κ1) is 33.2. The van der Waals surface area contributed by atoms with Crippen LogP contribution in [0.5, 0.6) is 5.88 Å². The predicted octanol–water partition coefficient (Wildman–Crippen LogP) is 1.64. The van der Waals surface area contributed by atoms with E-state index in [0.717, 1.165) is 17.3 Å². The molecular formula is C26H37N6O9PS. The van der Waals surface area contributed by atoms with E-state index in [1.165, 1.54) is 24.9 Å². The molecule has 0 bridgehead atoms. The van der Waals surface area contributed by atoms with Crippen LogP contribution >= 0.6 is 19.5 Å². The van der Waals surface area contributed by atoms with E-state index in [2.05, 4.69) is 20.0 Å². The lowest BCUT2D eigenvalue weighted by atomic mass is 9.96. The van der Waals surface area contributed by atoms with Gasteiger partial charge in [0.1, 0.15) is 17.8 Å². The Labute approximate surface area is 252 Å². The van der Waals surface area contributed by atoms with Crippen molar-refractivity contribution in [2.45, 2.75) is 51.4 Å². The third kappa shape index (κ3) is 7.53. The molecule has 0 amide bonds. The van der Waals surface area contributed by atoms with Gasteiger partial charge in [-0.3, -0.25) is 18.4 Å². The fourth-order valence-electron chi connectivity index (χ4n) is 4.23. The fourth-order valence-corrected chi connectivity index (χ4v) is 6.47. The largest absolute Gasteiger partial charge is 0.479 e. The number of hydrogen-bond donors (Lipinski definition) is 5. The van der Waals surface area contributed by atoms with Gasteiger partial charge >= 0.3 is 7.75 Å². The number of hydrogen-bond acceptors (Lipinski definition) is 14. The van der Waals surface area contributed by atoms with E-state index in [0.29, 0.717) is 0 Å². The Morgan fingerprint density at radius 3 is 2.67 bits per heavy atom. The lowest BCUT2D eigenvalue weighted by Crippen LogP contribution is -2.44. The lowest BCUT2D eigenvalue weighted by molar-refractivity contribution is -0.119. The second kappa shape index (κ2) is 13.5. The number of carbonyl (C=O) groups excluding carboxylic acids is 1. The molecule has 4 rings (SSSR count). The van der Waals surface area contributed by atoms with Gasteiger partial charge in [-0.05, 0) is 26.3 Å². The number of nitrogen functional groups attached to an aromatic ring is 1. The summed E-state index contributed by atoms with van der Waals surface area (Å²) in [5, 5.41) is 34.2. The molecule has 236 valence electrons. The first-order valence-corrected chi connectivity index (χ1v) is 15.9. The zero-order valence-electron chi connectivity index (χ0n) is 24.2. The molecule has 0 saturated carbocycles. The topological polar surface area (TPSA) is 213 Å². The van der Waals surface area contributed by atoms with E-state index < -0.39 is 43.8 Å². The number of ether oxygens (including phenoxy) is 2. The van der Waals surface area contributed by atoms with Crippen molar-refractivity contribution in [2.75, 3.05) is 38.4 Å². The van der Waals surface area contributed by atoms with Gasteiger partial charge in [-0.2, -0.15) is 9.97 Å². The fraction of sp³-hybridized carbons (Fsp3) is 0.538. The van der Waals surface area contributed by atoms with Crippen molar-refractivity contribution >= 4 is 41.7 Å². The minimum Gasteiger partial charge on any atom is -0.479 e. The maximum Gasteiger partial charge on any atom is 0.405 e. The molecule has 43 heavy (non-hydrogen) atoms. The van der Waals surface area contributed by atoms with Crippen molar-refractivity contribution in [3.05, 3.63) is 42.2 Å². The molecule has 0 spiro atoms. The summed E-state index contributed by atoms with van der Waals surface area (Å²) >= 11 is 0.947. The third-order valence-corrected chi connectivity index (χ3v) is 9.60. The van der Waals surface area contributed by atoms with Crippen LogP contribution in [0.15, 0.2) is 36.7 Å². The van der Waals surface area contributed by atoms with Crippen LogP contribution in [-0.4, -0.2) is 90.4 Å². The Balaban J connectivity index is 1.47. The molecule has 2 unspecified atom stereocenters. The van der Waals surface area contributed by atoms with Crippen molar-refractivity contribution in [3.8, 4) is 5.88 Å². The minimum absolute atomic E-state index is 0.0912. The Morgan fingerprint density at radius 1 is 1.28 bits per heavy atom. The van der Waals surface area contributed by atoms with Gasteiger partial charge in [0.2, 0.25) is 11.8 Å². The van der Waals surface area contributed by atoms with Gasteiger partial charge in [-0.25, -0.2) is 14.6 Å². The van der Waals surface area contributed by atoms with E-state index in [1.807, 2.05) is 30.3 Å². The van der Waals surface area contributed by atoms with Crippen LogP contribution < -0.4 is 15.6 Å². The van der Waals surface area contributed by atoms with Crippen LogP contribution in [0.25, 0.3) is 11.2 Å². The van der Waals surface area contributed by atoms with Crippen molar-refractivity contribution in [3.63, 3.8) is 0 Å². The summed E-state index contributed by atoms with van der Waals surface area (Å²) in [6.45, 7) is 3.91. The van der Waals surface area contributed by atoms with E-state index in [4.69, 9.17) is 24.3 Å². The van der Waals surface area contributed by atoms with Crippen LogP contribution in [0.4, 0.5) is 5.95 Å². The number of fused-ring (bicyclic) bond motifs is 1. The van der Waals surface area contributed by atoms with E-state index in [9.17, 15) is 24.7 Å². The molecule has 3 aromatic rings. The number of nitrogens with two attached hydrogens (primary N) is 1. The third-order valence-electron chi connectivity index (χ3n) is 6.86. The molecule has 2 aromatic heterocycles. The second-order valence-corrected chi connectivity index (χ2v) is 13.6. The quantitative estimate of drug-likeness (QED) is 0.125. The molecule has 3 heterocycles. The molecule has 17 heteroatoms. The SMILES string of the molecule is COc1nc(N)nc2c1ncn2[C@@H]1O[C@H](COP(=O)(NCc2ccccc2)OCCSC(=O)C(C)(C)CO)C(O)[C@]1(C)O. The molecule has 1 aliphatic heterocycles. The average Bonchev–Trinajstić information content (AvgIpc) is 3.50. The summed E-state index contributed by atoms with van der Waals surface area (Å²) in [7, 11) is -2.62. The van der Waals surface area contributed by atoms with Crippen LogP contribution in [-0.2, 0) is 29.7 Å². The summed E-state index contributed by atoms with van der Waals surface area (Å²) in [4.78, 5) is 24.7. The highest BCUT2D eigenvalue weighted by atomic mass is 32.2. The van der Waals surface area contributed by atoms with E-state index >= 15 is 0 Å². The minimum atomic E-state index is -4.02. The molecule has 1 aromatic carbocycles. The molecule has 0 aliphatic carbocycles. The summed E-state index contributed by atoms with van der Waals surface area (Å²) < 4.78 is 37.7. The van der Waals surface area contributed by atoms with Crippen LogP contribution in [0.2, 0.25) is 0 Å². The number of aliphatic hydroxyl groups is 3. The Hall–Kier alpha value is -2.66. The molecule has 15 nitrogen and oxygen atoms in total. The monoisotopic (exact) mass is 640 g/mol. The van der Waals surface area contributed by atoms with E-state index in [-0.39, 0.29) is 53.6 Å². The number of rotatable bonds is 14. The number of methoxy groups -OCH3 is 1.